The summed E-state index contributed by atoms with van der Waals surface area (Å²) in [6.45, 7) is 4.35. The number of tetrazole rings is 1. The lowest BCUT2D eigenvalue weighted by Crippen LogP contribution is -2.38. The Bertz CT molecular complexity index is 769. The van der Waals surface area contributed by atoms with Gasteiger partial charge >= 0.3 is 0 Å². The summed E-state index contributed by atoms with van der Waals surface area (Å²) in [5.74, 6) is 0. The van der Waals surface area contributed by atoms with E-state index < -0.39 is 0 Å². The Hall–Kier alpha value is -2.06. The maximum absolute atomic E-state index is 5.86. The van der Waals surface area contributed by atoms with E-state index in [2.05, 4.69) is 30.8 Å². The molecule has 0 aliphatic carbocycles. The van der Waals surface area contributed by atoms with E-state index in [4.69, 9.17) is 4.74 Å². The number of anilines is 1. The molecule has 0 amide bonds. The Morgan fingerprint density at radius 1 is 1.38 bits per heavy atom. The van der Waals surface area contributed by atoms with E-state index in [1.165, 1.54) is 0 Å². The third-order valence-corrected chi connectivity index (χ3v) is 4.57. The fourth-order valence-electron chi connectivity index (χ4n) is 2.47. The molecule has 4 rings (SSSR count). The third kappa shape index (κ3) is 2.36. The van der Waals surface area contributed by atoms with Crippen molar-refractivity contribution in [2.45, 2.75) is 13.0 Å². The van der Waals surface area contributed by atoms with Crippen LogP contribution >= 0.6 is 11.3 Å². The molecule has 0 aromatic carbocycles. The highest BCUT2D eigenvalue weighted by molar-refractivity contribution is 7.09. The minimum atomic E-state index is 0.0296. The second-order valence-corrected chi connectivity index (χ2v) is 5.89. The summed E-state index contributed by atoms with van der Waals surface area (Å²) >= 11 is 1.66. The highest BCUT2D eigenvalue weighted by Crippen LogP contribution is 2.28. The second kappa shape index (κ2) is 5.05. The van der Waals surface area contributed by atoms with Crippen LogP contribution in [-0.4, -0.2) is 44.7 Å². The molecule has 108 valence electrons. The molecule has 0 N–H and O–H groups in total. The van der Waals surface area contributed by atoms with Gasteiger partial charge in [0, 0.05) is 17.6 Å². The lowest BCUT2D eigenvalue weighted by Gasteiger charge is -2.33. The summed E-state index contributed by atoms with van der Waals surface area (Å²) < 4.78 is 7.55. The molecule has 4 heterocycles. The summed E-state index contributed by atoms with van der Waals surface area (Å²) in [4.78, 5) is 6.82. The molecule has 1 saturated heterocycles. The van der Waals surface area contributed by atoms with Gasteiger partial charge in [-0.2, -0.15) is 4.52 Å². The average Bonchev–Trinajstić information content (AvgIpc) is 3.15. The molecular formula is C13H14N6OS. The smallest absolute Gasteiger partial charge is 0.179 e. The molecular weight excluding hydrogens is 288 g/mol. The van der Waals surface area contributed by atoms with Gasteiger partial charge < -0.3 is 9.64 Å². The molecule has 21 heavy (non-hydrogen) atoms. The maximum Gasteiger partial charge on any atom is 0.179 e. The first kappa shape index (κ1) is 12.7. The van der Waals surface area contributed by atoms with Gasteiger partial charge in [-0.1, -0.05) is 0 Å². The third-order valence-electron chi connectivity index (χ3n) is 3.52. The Labute approximate surface area is 125 Å². The van der Waals surface area contributed by atoms with Gasteiger partial charge in [0.1, 0.15) is 11.1 Å². The van der Waals surface area contributed by atoms with E-state index >= 15 is 0 Å². The number of rotatable bonds is 2. The fourth-order valence-corrected chi connectivity index (χ4v) is 3.31. The molecule has 0 unspecified atom stereocenters. The van der Waals surface area contributed by atoms with Crippen molar-refractivity contribution in [2.75, 3.05) is 24.6 Å². The summed E-state index contributed by atoms with van der Waals surface area (Å²) in [5.41, 5.74) is 2.89. The van der Waals surface area contributed by atoms with E-state index in [1.807, 2.05) is 25.3 Å². The molecule has 0 spiro atoms. The minimum absolute atomic E-state index is 0.0296. The lowest BCUT2D eigenvalue weighted by molar-refractivity contribution is 0.0395. The molecule has 0 bridgehead atoms. The predicted octanol–water partition coefficient (Wildman–Crippen LogP) is 1.47. The van der Waals surface area contributed by atoms with Crippen molar-refractivity contribution < 1.29 is 4.74 Å². The Morgan fingerprint density at radius 2 is 2.33 bits per heavy atom. The summed E-state index contributed by atoms with van der Waals surface area (Å²) in [6, 6.07) is 3.97. The van der Waals surface area contributed by atoms with Crippen LogP contribution in [0, 0.1) is 6.92 Å². The highest BCUT2D eigenvalue weighted by atomic mass is 32.1. The number of aryl methyl sites for hydroxylation is 1. The zero-order valence-corrected chi connectivity index (χ0v) is 12.3. The predicted molar refractivity (Wildman–Crippen MR) is 78.5 cm³/mol. The van der Waals surface area contributed by atoms with Crippen LogP contribution in [-0.2, 0) is 4.74 Å². The zero-order valence-electron chi connectivity index (χ0n) is 11.5. The minimum Gasteiger partial charge on any atom is -0.367 e. The van der Waals surface area contributed by atoms with Gasteiger partial charge in [-0.05, 0) is 29.5 Å². The fraction of sp³-hybridized carbons (Fsp3) is 0.385. The maximum atomic E-state index is 5.86. The van der Waals surface area contributed by atoms with Crippen LogP contribution in [0.15, 0.2) is 23.7 Å². The van der Waals surface area contributed by atoms with Crippen LogP contribution in [0.2, 0.25) is 0 Å². The Kier molecular flexibility index (Phi) is 3.04. The second-order valence-electron chi connectivity index (χ2n) is 5.00. The van der Waals surface area contributed by atoms with Gasteiger partial charge in [-0.3, -0.25) is 0 Å². The topological polar surface area (TPSA) is 68.4 Å². The quantitative estimate of drug-likeness (QED) is 0.714. The lowest BCUT2D eigenvalue weighted by atomic mass is 10.2. The molecule has 1 aliphatic rings. The molecule has 1 atom stereocenters. The molecule has 0 saturated carbocycles. The number of pyridine rings is 1. The van der Waals surface area contributed by atoms with Crippen molar-refractivity contribution in [3.05, 3.63) is 34.4 Å². The van der Waals surface area contributed by atoms with Crippen molar-refractivity contribution in [2.24, 2.45) is 0 Å². The summed E-state index contributed by atoms with van der Waals surface area (Å²) in [5, 5.41) is 14.6. The SMILES string of the molecule is Cc1csc([C@@H]2CN(c3ccc4nnnn4c3)CCO2)n1. The largest absolute Gasteiger partial charge is 0.367 e. The van der Waals surface area contributed by atoms with Crippen LogP contribution in [0.1, 0.15) is 16.8 Å². The summed E-state index contributed by atoms with van der Waals surface area (Å²) in [7, 11) is 0. The first-order valence-electron chi connectivity index (χ1n) is 6.76. The summed E-state index contributed by atoms with van der Waals surface area (Å²) in [6.07, 6.45) is 1.98. The van der Waals surface area contributed by atoms with E-state index in [1.54, 1.807) is 15.9 Å². The first-order valence-corrected chi connectivity index (χ1v) is 7.64. The molecule has 3 aromatic rings. The average molecular weight is 302 g/mol. The number of fused-ring (bicyclic) bond motifs is 1. The van der Waals surface area contributed by atoms with Crippen LogP contribution in [0.25, 0.3) is 5.65 Å². The van der Waals surface area contributed by atoms with E-state index in [-0.39, 0.29) is 6.10 Å². The van der Waals surface area contributed by atoms with Gasteiger partial charge in [0.15, 0.2) is 5.65 Å². The number of ether oxygens (including phenoxy) is 1. The highest BCUT2D eigenvalue weighted by Gasteiger charge is 2.24. The van der Waals surface area contributed by atoms with Gasteiger partial charge in [0.05, 0.1) is 25.0 Å². The Balaban J connectivity index is 1.59. The molecule has 0 radical (unpaired) electrons. The van der Waals surface area contributed by atoms with Crippen molar-refractivity contribution >= 4 is 22.7 Å². The normalized spacial score (nSPS) is 19.3. The number of morpholine rings is 1. The standard InChI is InChI=1S/C13H14N6OS/c1-9-8-21-13(14-9)11-7-18(4-5-20-11)10-2-3-12-15-16-17-19(12)6-10/h2-3,6,8,11H,4-5,7H2,1H3/t11-/m0/s1. The van der Waals surface area contributed by atoms with Crippen LogP contribution in [0.3, 0.4) is 0 Å². The molecule has 3 aromatic heterocycles. The van der Waals surface area contributed by atoms with Gasteiger partial charge in [0.2, 0.25) is 0 Å². The van der Waals surface area contributed by atoms with Gasteiger partial charge in [-0.25, -0.2) is 4.98 Å². The van der Waals surface area contributed by atoms with E-state index in [0.29, 0.717) is 6.61 Å². The molecule has 1 aliphatic heterocycles. The van der Waals surface area contributed by atoms with Crippen molar-refractivity contribution in [1.82, 2.24) is 25.0 Å². The van der Waals surface area contributed by atoms with Crippen LogP contribution in [0.5, 0.6) is 0 Å². The molecule has 1 fully saturated rings. The van der Waals surface area contributed by atoms with Gasteiger partial charge in [0.25, 0.3) is 0 Å². The van der Waals surface area contributed by atoms with Crippen molar-refractivity contribution in [1.29, 1.82) is 0 Å². The van der Waals surface area contributed by atoms with Gasteiger partial charge in [-0.15, -0.1) is 16.4 Å². The number of aromatic nitrogens is 5. The molecule has 8 heteroatoms. The Morgan fingerprint density at radius 3 is 3.19 bits per heavy atom. The van der Waals surface area contributed by atoms with Crippen LogP contribution < -0.4 is 4.90 Å². The van der Waals surface area contributed by atoms with E-state index in [9.17, 15) is 0 Å². The number of nitrogens with zero attached hydrogens (tertiary/aromatic N) is 6. The molecule has 7 nitrogen and oxygen atoms in total. The van der Waals surface area contributed by atoms with Crippen molar-refractivity contribution in [3.8, 4) is 0 Å². The number of hydrogen-bond donors (Lipinski definition) is 0. The van der Waals surface area contributed by atoms with Crippen molar-refractivity contribution in [3.63, 3.8) is 0 Å². The zero-order chi connectivity index (χ0) is 14.2. The monoisotopic (exact) mass is 302 g/mol. The number of hydrogen-bond acceptors (Lipinski definition) is 7. The first-order chi connectivity index (χ1) is 10.3. The van der Waals surface area contributed by atoms with Crippen LogP contribution in [0.4, 0.5) is 5.69 Å². The number of thiazole rings is 1. The van der Waals surface area contributed by atoms with E-state index in [0.717, 1.165) is 35.1 Å².